The number of thiophene rings is 2. The standard InChI is InChI=1S/C22H19N5OS3/c1-12-13(2)30-21-17(12)20(28)23-18(24-21)14(3)31-22-26-25-19(16-10-7-11-29-16)27(22)15-8-5-4-6-9-15/h4-11,14H,1-3H3,(H,23,24,28)/t14-/m1/s1. The first kappa shape index (κ1) is 20.2. The maximum Gasteiger partial charge on any atom is 0.259 e. The highest BCUT2D eigenvalue weighted by molar-refractivity contribution is 7.99. The van der Waals surface area contributed by atoms with Crippen LogP contribution in [-0.4, -0.2) is 24.7 Å². The monoisotopic (exact) mass is 465 g/mol. The van der Waals surface area contributed by atoms with Gasteiger partial charge in [-0.15, -0.1) is 32.9 Å². The minimum Gasteiger partial charge on any atom is -0.309 e. The third-order valence-electron chi connectivity index (χ3n) is 5.11. The molecule has 5 aromatic rings. The highest BCUT2D eigenvalue weighted by Gasteiger charge is 2.22. The lowest BCUT2D eigenvalue weighted by Crippen LogP contribution is -2.12. The van der Waals surface area contributed by atoms with Gasteiger partial charge in [-0.2, -0.15) is 0 Å². The summed E-state index contributed by atoms with van der Waals surface area (Å²) in [5.74, 6) is 1.45. The molecule has 156 valence electrons. The van der Waals surface area contributed by atoms with Crippen molar-refractivity contribution in [2.45, 2.75) is 31.2 Å². The Morgan fingerprint density at radius 2 is 1.90 bits per heavy atom. The van der Waals surface area contributed by atoms with E-state index in [1.165, 1.54) is 11.8 Å². The fraction of sp³-hybridized carbons (Fsp3) is 0.182. The molecule has 4 heterocycles. The first-order valence-electron chi connectivity index (χ1n) is 9.74. The van der Waals surface area contributed by atoms with Crippen molar-refractivity contribution in [3.05, 3.63) is 74.5 Å². The third kappa shape index (κ3) is 3.62. The molecule has 0 radical (unpaired) electrons. The molecule has 9 heteroatoms. The van der Waals surface area contributed by atoms with Crippen molar-refractivity contribution < 1.29 is 0 Å². The molecule has 0 saturated carbocycles. The topological polar surface area (TPSA) is 76.5 Å². The Morgan fingerprint density at radius 1 is 1.10 bits per heavy atom. The minimum absolute atomic E-state index is 0.0851. The fourth-order valence-electron chi connectivity index (χ4n) is 3.40. The lowest BCUT2D eigenvalue weighted by molar-refractivity contribution is 0.863. The van der Waals surface area contributed by atoms with Crippen molar-refractivity contribution in [1.29, 1.82) is 0 Å². The smallest absolute Gasteiger partial charge is 0.259 e. The molecule has 0 aliphatic carbocycles. The molecule has 4 aromatic heterocycles. The van der Waals surface area contributed by atoms with Crippen molar-refractivity contribution >= 4 is 44.7 Å². The maximum absolute atomic E-state index is 12.7. The fourth-order valence-corrected chi connectivity index (χ4v) is 6.06. The summed E-state index contributed by atoms with van der Waals surface area (Å²) in [4.78, 5) is 23.4. The molecule has 6 nitrogen and oxygen atoms in total. The van der Waals surface area contributed by atoms with Crippen molar-refractivity contribution in [1.82, 2.24) is 24.7 Å². The van der Waals surface area contributed by atoms with E-state index < -0.39 is 0 Å². The zero-order chi connectivity index (χ0) is 21.5. The van der Waals surface area contributed by atoms with Crippen molar-refractivity contribution in [2.75, 3.05) is 0 Å². The molecule has 0 bridgehead atoms. The quantitative estimate of drug-likeness (QED) is 0.334. The van der Waals surface area contributed by atoms with Gasteiger partial charge in [0.05, 0.1) is 15.5 Å². The number of aryl methyl sites for hydroxylation is 2. The number of para-hydroxylation sites is 1. The summed E-state index contributed by atoms with van der Waals surface area (Å²) in [6, 6.07) is 14.1. The SMILES string of the molecule is Cc1sc2nc([C@@H](C)Sc3nnc(-c4cccs4)n3-c3ccccc3)[nH]c(=O)c2c1C. The number of benzene rings is 1. The predicted octanol–water partition coefficient (Wildman–Crippen LogP) is 5.76. The van der Waals surface area contributed by atoms with Gasteiger partial charge in [-0.25, -0.2) is 4.98 Å². The van der Waals surface area contributed by atoms with Gasteiger partial charge in [0.25, 0.3) is 5.56 Å². The van der Waals surface area contributed by atoms with E-state index >= 15 is 0 Å². The Labute approximate surface area is 191 Å². The Hall–Kier alpha value is -2.75. The number of hydrogen-bond donors (Lipinski definition) is 1. The van der Waals surface area contributed by atoms with Crippen LogP contribution in [0, 0.1) is 13.8 Å². The van der Waals surface area contributed by atoms with E-state index in [1.807, 2.05) is 68.6 Å². The normalized spacial score (nSPS) is 12.5. The number of fused-ring (bicyclic) bond motifs is 1. The highest BCUT2D eigenvalue weighted by Crippen LogP contribution is 2.37. The Morgan fingerprint density at radius 3 is 2.65 bits per heavy atom. The Balaban J connectivity index is 1.56. The van der Waals surface area contributed by atoms with Crippen LogP contribution in [0.4, 0.5) is 0 Å². The third-order valence-corrected chi connectivity index (χ3v) is 8.13. The molecule has 0 aliphatic rings. The zero-order valence-electron chi connectivity index (χ0n) is 17.1. The summed E-state index contributed by atoms with van der Waals surface area (Å²) in [5.41, 5.74) is 1.91. The number of aromatic nitrogens is 5. The average Bonchev–Trinajstić information content (AvgIpc) is 3.48. The number of aromatic amines is 1. The predicted molar refractivity (Wildman–Crippen MR) is 129 cm³/mol. The van der Waals surface area contributed by atoms with Crippen LogP contribution in [0.3, 0.4) is 0 Å². The number of thioether (sulfide) groups is 1. The van der Waals surface area contributed by atoms with E-state index in [0.717, 1.165) is 36.8 Å². The Kier molecular flexibility index (Phi) is 5.25. The van der Waals surface area contributed by atoms with E-state index in [9.17, 15) is 4.79 Å². The van der Waals surface area contributed by atoms with E-state index in [2.05, 4.69) is 19.7 Å². The van der Waals surface area contributed by atoms with Gasteiger partial charge < -0.3 is 4.98 Å². The second-order valence-corrected chi connectivity index (χ2v) is 10.6. The summed E-state index contributed by atoms with van der Waals surface area (Å²) in [6.45, 7) is 6.02. The van der Waals surface area contributed by atoms with E-state index in [0.29, 0.717) is 11.2 Å². The second kappa shape index (κ2) is 8.07. The van der Waals surface area contributed by atoms with Gasteiger partial charge in [-0.1, -0.05) is 36.0 Å². The maximum atomic E-state index is 12.7. The lowest BCUT2D eigenvalue weighted by atomic mass is 10.2. The second-order valence-electron chi connectivity index (χ2n) is 7.13. The first-order valence-corrected chi connectivity index (χ1v) is 12.3. The molecule has 0 amide bonds. The number of H-pyrrole nitrogens is 1. The van der Waals surface area contributed by atoms with Crippen LogP contribution in [0.15, 0.2) is 57.8 Å². The molecule has 31 heavy (non-hydrogen) atoms. The zero-order valence-corrected chi connectivity index (χ0v) is 19.6. The number of nitrogens with zero attached hydrogens (tertiary/aromatic N) is 4. The molecule has 1 aromatic carbocycles. The van der Waals surface area contributed by atoms with Gasteiger partial charge in [0.1, 0.15) is 10.7 Å². The molecule has 0 fully saturated rings. The summed E-state index contributed by atoms with van der Waals surface area (Å²) >= 11 is 4.72. The molecule has 1 N–H and O–H groups in total. The summed E-state index contributed by atoms with van der Waals surface area (Å²) in [7, 11) is 0. The van der Waals surface area contributed by atoms with Gasteiger partial charge in [0, 0.05) is 10.6 Å². The van der Waals surface area contributed by atoms with Crippen molar-refractivity contribution in [3.63, 3.8) is 0 Å². The van der Waals surface area contributed by atoms with Crippen LogP contribution >= 0.6 is 34.4 Å². The largest absolute Gasteiger partial charge is 0.309 e. The molecule has 5 rings (SSSR count). The van der Waals surface area contributed by atoms with Crippen LogP contribution < -0.4 is 5.56 Å². The van der Waals surface area contributed by atoms with Gasteiger partial charge in [-0.3, -0.25) is 9.36 Å². The van der Waals surface area contributed by atoms with Gasteiger partial charge >= 0.3 is 0 Å². The highest BCUT2D eigenvalue weighted by atomic mass is 32.2. The van der Waals surface area contributed by atoms with E-state index in [4.69, 9.17) is 4.98 Å². The van der Waals surface area contributed by atoms with Crippen molar-refractivity contribution in [3.8, 4) is 16.4 Å². The Bertz CT molecular complexity index is 1420. The number of rotatable bonds is 5. The minimum atomic E-state index is -0.109. The molecule has 1 atom stereocenters. The molecule has 0 spiro atoms. The van der Waals surface area contributed by atoms with Crippen molar-refractivity contribution in [2.24, 2.45) is 0 Å². The van der Waals surface area contributed by atoms with Crippen LogP contribution in [0.5, 0.6) is 0 Å². The lowest BCUT2D eigenvalue weighted by Gasteiger charge is -2.13. The summed E-state index contributed by atoms with van der Waals surface area (Å²) < 4.78 is 2.06. The van der Waals surface area contributed by atoms with Crippen LogP contribution in [0.1, 0.15) is 28.4 Å². The molecule has 0 aliphatic heterocycles. The molecular formula is C22H19N5OS3. The first-order chi connectivity index (χ1) is 15.0. The van der Waals surface area contributed by atoms with Crippen LogP contribution in [0.2, 0.25) is 0 Å². The van der Waals surface area contributed by atoms with Gasteiger partial charge in [-0.05, 0) is 49.9 Å². The van der Waals surface area contributed by atoms with Gasteiger partial charge in [0.2, 0.25) is 0 Å². The van der Waals surface area contributed by atoms with Crippen LogP contribution in [-0.2, 0) is 0 Å². The van der Waals surface area contributed by atoms with Gasteiger partial charge in [0.15, 0.2) is 11.0 Å². The van der Waals surface area contributed by atoms with Crippen LogP contribution in [0.25, 0.3) is 26.6 Å². The number of nitrogens with one attached hydrogen (secondary N) is 1. The summed E-state index contributed by atoms with van der Waals surface area (Å²) in [5, 5.41) is 12.3. The van der Waals surface area contributed by atoms with E-state index in [-0.39, 0.29) is 10.8 Å². The average molecular weight is 466 g/mol. The van der Waals surface area contributed by atoms with E-state index in [1.54, 1.807) is 22.7 Å². The molecule has 0 saturated heterocycles. The number of hydrogen-bond acceptors (Lipinski definition) is 7. The molecular weight excluding hydrogens is 446 g/mol. The summed E-state index contributed by atoms with van der Waals surface area (Å²) in [6.07, 6.45) is 0. The molecule has 0 unspecified atom stereocenters.